The summed E-state index contributed by atoms with van der Waals surface area (Å²) in [4.78, 5) is 10.7. The van der Waals surface area contributed by atoms with Crippen LogP contribution in [-0.2, 0) is 5.41 Å². The van der Waals surface area contributed by atoms with Crippen molar-refractivity contribution in [3.8, 4) is 67.5 Å². The van der Waals surface area contributed by atoms with Gasteiger partial charge in [-0.15, -0.1) is 0 Å². The quantitative estimate of drug-likeness (QED) is 0.178. The highest BCUT2D eigenvalue weighted by atomic mass is 16.3. The summed E-state index contributed by atoms with van der Waals surface area (Å²) in [5.74, 6) is 1.56. The largest absolute Gasteiger partial charge is 0.456 e. The third kappa shape index (κ3) is 5.05. The van der Waals surface area contributed by atoms with E-state index in [9.17, 15) is 0 Å². The van der Waals surface area contributed by atoms with Crippen LogP contribution in [0.4, 0.5) is 0 Å². The molecule has 10 aromatic rings. The Kier molecular flexibility index (Phi) is 7.20. The molecule has 0 saturated heterocycles. The first-order valence-electron chi connectivity index (χ1n) is 19.2. The average molecular weight is 717 g/mol. The van der Waals surface area contributed by atoms with Gasteiger partial charge in [0.05, 0.1) is 11.4 Å². The van der Waals surface area contributed by atoms with E-state index in [0.717, 1.165) is 72.3 Å². The van der Waals surface area contributed by atoms with Gasteiger partial charge in [0.15, 0.2) is 5.82 Å². The van der Waals surface area contributed by atoms with Crippen molar-refractivity contribution in [3.05, 3.63) is 193 Å². The molecule has 0 amide bonds. The number of hydrogen-bond donors (Lipinski definition) is 0. The van der Waals surface area contributed by atoms with Gasteiger partial charge in [0.25, 0.3) is 0 Å². The summed E-state index contributed by atoms with van der Waals surface area (Å²) in [7, 11) is 0. The number of furan rings is 1. The van der Waals surface area contributed by atoms with Crippen molar-refractivity contribution in [2.24, 2.45) is 0 Å². The minimum Gasteiger partial charge on any atom is -0.456 e. The van der Waals surface area contributed by atoms with Crippen molar-refractivity contribution in [3.63, 3.8) is 0 Å². The van der Waals surface area contributed by atoms with Gasteiger partial charge in [-0.1, -0.05) is 166 Å². The SMILES string of the molecule is CC1(C)c2cc3ccccc3cc2-c2c(-c3cc(-c4ccc(-c5ccccc5-c5cc6ccccc6o5)c5ccccc45)nc(-c4ccccc4)n3)cccc21. The van der Waals surface area contributed by atoms with Gasteiger partial charge < -0.3 is 4.42 Å². The number of aromatic nitrogens is 2. The van der Waals surface area contributed by atoms with Crippen LogP contribution in [-0.4, -0.2) is 9.97 Å². The fraction of sp³-hybridized carbons (Fsp3) is 0.0566. The molecular formula is C53H36N2O. The van der Waals surface area contributed by atoms with Gasteiger partial charge in [-0.3, -0.25) is 0 Å². The summed E-state index contributed by atoms with van der Waals surface area (Å²) in [6, 6.07) is 64.7. The van der Waals surface area contributed by atoms with Crippen LogP contribution in [0.2, 0.25) is 0 Å². The first kappa shape index (κ1) is 32.3. The third-order valence-electron chi connectivity index (χ3n) is 11.7. The lowest BCUT2D eigenvalue weighted by Gasteiger charge is -2.22. The summed E-state index contributed by atoms with van der Waals surface area (Å²) in [6.07, 6.45) is 0. The standard InChI is InChI=1S/C53H36N2O/c1-53(2)45-25-14-24-43(51(45)44-29-34-17-6-7-18-35(34)30-46(44)53)48-32-47(54-52(55-48)33-15-4-3-5-16-33)41-28-27-40(37-20-9-10-21-38(37)41)39-22-11-12-23-42(39)50-31-36-19-8-13-26-49(36)56-50/h3-32H,1-2H3. The Hall–Kier alpha value is -7.10. The Balaban J connectivity index is 1.12. The van der Waals surface area contributed by atoms with Gasteiger partial charge in [-0.05, 0) is 85.3 Å². The van der Waals surface area contributed by atoms with Gasteiger partial charge in [0.2, 0.25) is 0 Å². The molecule has 1 aliphatic carbocycles. The van der Waals surface area contributed by atoms with Crippen LogP contribution in [0, 0.1) is 0 Å². The molecule has 0 fully saturated rings. The summed E-state index contributed by atoms with van der Waals surface area (Å²) < 4.78 is 6.40. The molecule has 1 aliphatic rings. The molecule has 0 N–H and O–H groups in total. The van der Waals surface area contributed by atoms with Crippen LogP contribution >= 0.6 is 0 Å². The summed E-state index contributed by atoms with van der Waals surface area (Å²) in [5, 5.41) is 5.88. The minimum atomic E-state index is -0.159. The van der Waals surface area contributed by atoms with Gasteiger partial charge in [0.1, 0.15) is 11.3 Å². The second-order valence-corrected chi connectivity index (χ2v) is 15.3. The number of hydrogen-bond acceptors (Lipinski definition) is 3. The van der Waals surface area contributed by atoms with Gasteiger partial charge in [-0.25, -0.2) is 9.97 Å². The lowest BCUT2D eigenvalue weighted by Crippen LogP contribution is -2.14. The maximum atomic E-state index is 6.40. The number of rotatable bonds is 5. The van der Waals surface area contributed by atoms with Gasteiger partial charge >= 0.3 is 0 Å². The van der Waals surface area contributed by atoms with Gasteiger partial charge in [0, 0.05) is 33.1 Å². The van der Waals surface area contributed by atoms with Crippen molar-refractivity contribution < 1.29 is 4.42 Å². The number of fused-ring (bicyclic) bond motifs is 6. The Morgan fingerprint density at radius 2 is 1.02 bits per heavy atom. The summed E-state index contributed by atoms with van der Waals surface area (Å²) in [5.41, 5.74) is 14.2. The van der Waals surface area contributed by atoms with Crippen molar-refractivity contribution >= 4 is 32.5 Å². The maximum absolute atomic E-state index is 6.40. The molecule has 2 aromatic heterocycles. The van der Waals surface area contributed by atoms with E-state index in [0.29, 0.717) is 5.82 Å². The maximum Gasteiger partial charge on any atom is 0.160 e. The Morgan fingerprint density at radius 1 is 0.411 bits per heavy atom. The second kappa shape index (κ2) is 12.5. The van der Waals surface area contributed by atoms with E-state index in [1.807, 2.05) is 24.3 Å². The lowest BCUT2D eigenvalue weighted by atomic mass is 9.81. The average Bonchev–Trinajstić information content (AvgIpc) is 3.79. The van der Waals surface area contributed by atoms with E-state index in [2.05, 4.69) is 172 Å². The Bertz CT molecular complexity index is 3140. The number of nitrogens with zero attached hydrogens (tertiary/aromatic N) is 2. The first-order chi connectivity index (χ1) is 27.5. The molecular weight excluding hydrogens is 681 g/mol. The molecule has 3 nitrogen and oxygen atoms in total. The molecule has 8 aromatic carbocycles. The predicted molar refractivity (Wildman–Crippen MR) is 232 cm³/mol. The Morgan fingerprint density at radius 3 is 1.80 bits per heavy atom. The molecule has 0 aliphatic heterocycles. The fourth-order valence-electron chi connectivity index (χ4n) is 8.93. The molecule has 56 heavy (non-hydrogen) atoms. The fourth-order valence-corrected chi connectivity index (χ4v) is 8.93. The van der Waals surface area contributed by atoms with Crippen LogP contribution in [0.25, 0.3) is 100.0 Å². The van der Waals surface area contributed by atoms with Crippen LogP contribution < -0.4 is 0 Å². The van der Waals surface area contributed by atoms with E-state index in [1.54, 1.807) is 0 Å². The highest BCUT2D eigenvalue weighted by Gasteiger charge is 2.37. The first-order valence-corrected chi connectivity index (χ1v) is 19.2. The highest BCUT2D eigenvalue weighted by Crippen LogP contribution is 2.53. The minimum absolute atomic E-state index is 0.159. The van der Waals surface area contributed by atoms with Crippen molar-refractivity contribution in [1.82, 2.24) is 9.97 Å². The Labute approximate surface area is 325 Å². The van der Waals surface area contributed by atoms with Crippen molar-refractivity contribution in [2.75, 3.05) is 0 Å². The van der Waals surface area contributed by atoms with E-state index < -0.39 is 0 Å². The zero-order chi connectivity index (χ0) is 37.4. The van der Waals surface area contributed by atoms with E-state index in [4.69, 9.17) is 14.4 Å². The molecule has 0 radical (unpaired) electrons. The normalized spacial score (nSPS) is 13.0. The molecule has 0 spiro atoms. The third-order valence-corrected chi connectivity index (χ3v) is 11.7. The molecule has 0 unspecified atom stereocenters. The lowest BCUT2D eigenvalue weighted by molar-refractivity contribution is 0.632. The molecule has 3 heteroatoms. The van der Waals surface area contributed by atoms with Crippen LogP contribution in [0.3, 0.4) is 0 Å². The number of para-hydroxylation sites is 1. The second-order valence-electron chi connectivity index (χ2n) is 15.3. The highest BCUT2D eigenvalue weighted by molar-refractivity contribution is 6.07. The molecule has 11 rings (SSSR count). The van der Waals surface area contributed by atoms with Crippen molar-refractivity contribution in [2.45, 2.75) is 19.3 Å². The molecule has 264 valence electrons. The van der Waals surface area contributed by atoms with Crippen molar-refractivity contribution in [1.29, 1.82) is 0 Å². The monoisotopic (exact) mass is 716 g/mol. The van der Waals surface area contributed by atoms with Crippen LogP contribution in [0.5, 0.6) is 0 Å². The van der Waals surface area contributed by atoms with Crippen LogP contribution in [0.15, 0.2) is 186 Å². The predicted octanol–water partition coefficient (Wildman–Crippen LogP) is 14.2. The molecule has 0 bridgehead atoms. The molecule has 0 saturated carbocycles. The topological polar surface area (TPSA) is 38.9 Å². The van der Waals surface area contributed by atoms with Gasteiger partial charge in [-0.2, -0.15) is 0 Å². The van der Waals surface area contributed by atoms with E-state index >= 15 is 0 Å². The van der Waals surface area contributed by atoms with E-state index in [-0.39, 0.29) is 5.41 Å². The zero-order valence-corrected chi connectivity index (χ0v) is 31.1. The summed E-state index contributed by atoms with van der Waals surface area (Å²) >= 11 is 0. The van der Waals surface area contributed by atoms with E-state index in [1.165, 1.54) is 33.0 Å². The zero-order valence-electron chi connectivity index (χ0n) is 31.1. The molecule has 0 atom stereocenters. The van der Waals surface area contributed by atoms with Crippen LogP contribution in [0.1, 0.15) is 25.0 Å². The smallest absolute Gasteiger partial charge is 0.160 e. The molecule has 2 heterocycles. The summed E-state index contributed by atoms with van der Waals surface area (Å²) in [6.45, 7) is 4.69. The number of benzene rings is 8.